The van der Waals surface area contributed by atoms with Crippen LogP contribution < -0.4 is 4.90 Å². The Balaban J connectivity index is 2.00. The molecule has 19 heavy (non-hydrogen) atoms. The van der Waals surface area contributed by atoms with Crippen LogP contribution in [0.5, 0.6) is 0 Å². The summed E-state index contributed by atoms with van der Waals surface area (Å²) < 4.78 is 5.76. The lowest BCUT2D eigenvalue weighted by Gasteiger charge is -2.40. The van der Waals surface area contributed by atoms with Crippen molar-refractivity contribution in [3.63, 3.8) is 0 Å². The van der Waals surface area contributed by atoms with Gasteiger partial charge < -0.3 is 14.7 Å². The van der Waals surface area contributed by atoms with Gasteiger partial charge in [-0.05, 0) is 37.5 Å². The van der Waals surface area contributed by atoms with Gasteiger partial charge in [-0.25, -0.2) is 4.79 Å². The Labute approximate surface area is 116 Å². The summed E-state index contributed by atoms with van der Waals surface area (Å²) >= 11 is 6.03. The second-order valence-electron chi connectivity index (χ2n) is 5.07. The number of carbonyl (C=O) groups is 1. The Bertz CT molecular complexity index is 505. The number of ether oxygens (including phenoxy) is 1. The number of carboxylic acids is 1. The number of hydrogen-bond donors (Lipinski definition) is 1. The summed E-state index contributed by atoms with van der Waals surface area (Å²) in [5, 5.41) is 9.90. The van der Waals surface area contributed by atoms with Crippen molar-refractivity contribution in [3.8, 4) is 0 Å². The normalized spacial score (nSPS) is 26.3. The Kier molecular flexibility index (Phi) is 3.37. The summed E-state index contributed by atoms with van der Waals surface area (Å²) in [4.78, 5) is 13.5. The molecule has 0 spiro atoms. The van der Waals surface area contributed by atoms with E-state index >= 15 is 0 Å². The molecule has 3 rings (SSSR count). The monoisotopic (exact) mass is 281 g/mol. The molecule has 0 amide bonds. The SMILES string of the molecule is O=C(O)c1ccc(Cl)cc1N1CCOC2CCCC21. The van der Waals surface area contributed by atoms with E-state index in [1.165, 1.54) is 0 Å². The molecule has 2 fully saturated rings. The van der Waals surface area contributed by atoms with Crippen molar-refractivity contribution in [2.75, 3.05) is 18.1 Å². The van der Waals surface area contributed by atoms with E-state index in [2.05, 4.69) is 4.90 Å². The van der Waals surface area contributed by atoms with E-state index in [0.29, 0.717) is 17.2 Å². The molecule has 1 aromatic rings. The molecule has 1 N–H and O–H groups in total. The van der Waals surface area contributed by atoms with Gasteiger partial charge in [0.05, 0.1) is 30.0 Å². The fourth-order valence-corrected chi connectivity index (χ4v) is 3.31. The summed E-state index contributed by atoms with van der Waals surface area (Å²) in [6.07, 6.45) is 3.48. The van der Waals surface area contributed by atoms with E-state index in [1.807, 2.05) is 0 Å². The lowest BCUT2D eigenvalue weighted by atomic mass is 10.1. The third-order valence-corrected chi connectivity index (χ3v) is 4.22. The Morgan fingerprint density at radius 1 is 1.42 bits per heavy atom. The van der Waals surface area contributed by atoms with Crippen LogP contribution in [0.15, 0.2) is 18.2 Å². The maximum absolute atomic E-state index is 11.4. The summed E-state index contributed by atoms with van der Waals surface area (Å²) in [6.45, 7) is 1.37. The number of nitrogens with zero attached hydrogens (tertiary/aromatic N) is 1. The van der Waals surface area contributed by atoms with E-state index in [-0.39, 0.29) is 12.1 Å². The molecule has 102 valence electrons. The fourth-order valence-electron chi connectivity index (χ4n) is 3.15. The van der Waals surface area contributed by atoms with Gasteiger partial charge in [0.15, 0.2) is 0 Å². The minimum absolute atomic E-state index is 0.231. The second-order valence-corrected chi connectivity index (χ2v) is 5.50. The molecule has 4 nitrogen and oxygen atoms in total. The van der Waals surface area contributed by atoms with Gasteiger partial charge in [0.1, 0.15) is 0 Å². The first-order valence-electron chi connectivity index (χ1n) is 6.58. The standard InChI is InChI=1S/C14H16ClNO3/c15-9-4-5-10(14(17)18)12(8-9)16-6-7-19-13-3-1-2-11(13)16/h4-5,8,11,13H,1-3,6-7H2,(H,17,18). The molecule has 1 aliphatic carbocycles. The summed E-state index contributed by atoms with van der Waals surface area (Å²) in [5.74, 6) is -0.910. The minimum atomic E-state index is -0.910. The molecular formula is C14H16ClNO3. The van der Waals surface area contributed by atoms with Crippen molar-refractivity contribution < 1.29 is 14.6 Å². The number of morpholine rings is 1. The average Bonchev–Trinajstić information content (AvgIpc) is 2.86. The van der Waals surface area contributed by atoms with Crippen LogP contribution in [0.4, 0.5) is 5.69 Å². The lowest BCUT2D eigenvalue weighted by Crippen LogP contribution is -2.49. The van der Waals surface area contributed by atoms with Crippen molar-refractivity contribution in [3.05, 3.63) is 28.8 Å². The molecule has 1 saturated heterocycles. The van der Waals surface area contributed by atoms with Crippen LogP contribution >= 0.6 is 11.6 Å². The number of aromatic carboxylic acids is 1. The van der Waals surface area contributed by atoms with Gasteiger partial charge >= 0.3 is 5.97 Å². The Morgan fingerprint density at radius 3 is 3.05 bits per heavy atom. The van der Waals surface area contributed by atoms with Crippen molar-refractivity contribution >= 4 is 23.3 Å². The van der Waals surface area contributed by atoms with E-state index in [4.69, 9.17) is 16.3 Å². The highest BCUT2D eigenvalue weighted by atomic mass is 35.5. The summed E-state index contributed by atoms with van der Waals surface area (Å²) in [5.41, 5.74) is 1.04. The average molecular weight is 282 g/mol. The second kappa shape index (κ2) is 5.02. The minimum Gasteiger partial charge on any atom is -0.478 e. The highest BCUT2D eigenvalue weighted by Crippen LogP contribution is 2.35. The Morgan fingerprint density at radius 2 is 2.26 bits per heavy atom. The van der Waals surface area contributed by atoms with Gasteiger partial charge in [0, 0.05) is 11.6 Å². The molecule has 1 aromatic carbocycles. The van der Waals surface area contributed by atoms with E-state index < -0.39 is 5.97 Å². The van der Waals surface area contributed by atoms with Crippen LogP contribution in [0.1, 0.15) is 29.6 Å². The largest absolute Gasteiger partial charge is 0.478 e. The fraction of sp³-hybridized carbons (Fsp3) is 0.500. The third kappa shape index (κ3) is 2.30. The quantitative estimate of drug-likeness (QED) is 0.906. The molecular weight excluding hydrogens is 266 g/mol. The molecule has 0 aromatic heterocycles. The maximum atomic E-state index is 11.4. The van der Waals surface area contributed by atoms with E-state index in [9.17, 15) is 9.90 Å². The first-order chi connectivity index (χ1) is 9.16. The zero-order chi connectivity index (χ0) is 13.4. The molecule has 2 atom stereocenters. The predicted molar refractivity (Wildman–Crippen MR) is 73.1 cm³/mol. The number of hydrogen-bond acceptors (Lipinski definition) is 3. The van der Waals surface area contributed by atoms with Gasteiger partial charge in [-0.3, -0.25) is 0 Å². The van der Waals surface area contributed by atoms with Gasteiger partial charge in [-0.1, -0.05) is 11.6 Å². The van der Waals surface area contributed by atoms with Gasteiger partial charge in [-0.2, -0.15) is 0 Å². The van der Waals surface area contributed by atoms with Gasteiger partial charge in [0.25, 0.3) is 0 Å². The van der Waals surface area contributed by atoms with Crippen molar-refractivity contribution in [1.82, 2.24) is 0 Å². The first-order valence-corrected chi connectivity index (χ1v) is 6.95. The predicted octanol–water partition coefficient (Wildman–Crippen LogP) is 2.80. The number of fused-ring (bicyclic) bond motifs is 1. The zero-order valence-corrected chi connectivity index (χ0v) is 11.3. The topological polar surface area (TPSA) is 49.8 Å². The molecule has 1 saturated carbocycles. The highest BCUT2D eigenvalue weighted by Gasteiger charge is 2.37. The molecule has 0 bridgehead atoms. The van der Waals surface area contributed by atoms with Crippen LogP contribution in [-0.4, -0.2) is 36.4 Å². The van der Waals surface area contributed by atoms with Crippen LogP contribution in [0.3, 0.4) is 0 Å². The summed E-state index contributed by atoms with van der Waals surface area (Å²) in [6, 6.07) is 5.25. The van der Waals surface area contributed by atoms with Crippen molar-refractivity contribution in [2.24, 2.45) is 0 Å². The highest BCUT2D eigenvalue weighted by molar-refractivity contribution is 6.31. The molecule has 1 heterocycles. The molecule has 2 unspecified atom stereocenters. The number of halogens is 1. The smallest absolute Gasteiger partial charge is 0.337 e. The first kappa shape index (κ1) is 12.8. The molecule has 0 radical (unpaired) electrons. The number of anilines is 1. The van der Waals surface area contributed by atoms with E-state index in [0.717, 1.165) is 31.5 Å². The van der Waals surface area contributed by atoms with Crippen LogP contribution in [0.2, 0.25) is 5.02 Å². The zero-order valence-electron chi connectivity index (χ0n) is 10.5. The molecule has 2 aliphatic rings. The lowest BCUT2D eigenvalue weighted by molar-refractivity contribution is 0.0254. The maximum Gasteiger partial charge on any atom is 0.337 e. The number of benzene rings is 1. The Hall–Kier alpha value is -1.26. The summed E-state index contributed by atoms with van der Waals surface area (Å²) in [7, 11) is 0. The van der Waals surface area contributed by atoms with Crippen LogP contribution in [0.25, 0.3) is 0 Å². The van der Waals surface area contributed by atoms with Crippen LogP contribution in [-0.2, 0) is 4.74 Å². The van der Waals surface area contributed by atoms with Crippen molar-refractivity contribution in [1.29, 1.82) is 0 Å². The molecule has 1 aliphatic heterocycles. The number of carboxylic acid groups (broad SMARTS) is 1. The van der Waals surface area contributed by atoms with Crippen LogP contribution in [0, 0.1) is 0 Å². The van der Waals surface area contributed by atoms with E-state index in [1.54, 1.807) is 18.2 Å². The van der Waals surface area contributed by atoms with Crippen molar-refractivity contribution in [2.45, 2.75) is 31.4 Å². The third-order valence-electron chi connectivity index (χ3n) is 3.98. The van der Waals surface area contributed by atoms with Gasteiger partial charge in [-0.15, -0.1) is 0 Å². The van der Waals surface area contributed by atoms with Gasteiger partial charge in [0.2, 0.25) is 0 Å². The number of rotatable bonds is 2. The molecule has 5 heteroatoms.